The van der Waals surface area contributed by atoms with E-state index >= 15 is 0 Å². The van der Waals surface area contributed by atoms with Crippen LogP contribution in [-0.4, -0.2) is 20.8 Å². The second kappa shape index (κ2) is 4.39. The van der Waals surface area contributed by atoms with Crippen LogP contribution in [0, 0.1) is 25.1 Å². The van der Waals surface area contributed by atoms with Crippen LogP contribution in [0.4, 0.5) is 4.39 Å². The summed E-state index contributed by atoms with van der Waals surface area (Å²) in [6, 6.07) is 2.82. The molecule has 0 fully saturated rings. The number of nitrogens with one attached hydrogen (secondary N) is 1. The van der Waals surface area contributed by atoms with Crippen LogP contribution < -0.4 is 5.32 Å². The summed E-state index contributed by atoms with van der Waals surface area (Å²) in [5, 5.41) is 2.70. The molecule has 0 saturated heterocycles. The Hall–Kier alpha value is -2.35. The van der Waals surface area contributed by atoms with Gasteiger partial charge in [0.2, 0.25) is 0 Å². The zero-order valence-corrected chi connectivity index (χ0v) is 11.0. The number of carbonyl (C=O) groups is 1. The third-order valence-corrected chi connectivity index (χ3v) is 2.76. The average Bonchev–Trinajstić information content (AvgIpc) is 2.64. The summed E-state index contributed by atoms with van der Waals surface area (Å²) in [6.07, 6.45) is 6.56. The molecular formula is C14H14FN3O. The Kier molecular flexibility index (Phi) is 3.03. The zero-order valence-electron chi connectivity index (χ0n) is 11.0. The van der Waals surface area contributed by atoms with E-state index < -0.39 is 11.4 Å². The summed E-state index contributed by atoms with van der Waals surface area (Å²) in [5.41, 5.74) is 0.553. The lowest BCUT2D eigenvalue weighted by molar-refractivity contribution is 0.0923. The van der Waals surface area contributed by atoms with Crippen molar-refractivity contribution in [2.75, 3.05) is 0 Å². The van der Waals surface area contributed by atoms with Gasteiger partial charge in [0.1, 0.15) is 17.2 Å². The van der Waals surface area contributed by atoms with E-state index in [1.165, 1.54) is 22.7 Å². The van der Waals surface area contributed by atoms with Crippen molar-refractivity contribution in [2.24, 2.45) is 0 Å². The number of aryl methyl sites for hydroxylation is 1. The van der Waals surface area contributed by atoms with E-state index in [1.54, 1.807) is 20.8 Å². The summed E-state index contributed by atoms with van der Waals surface area (Å²) in [5.74, 6) is 1.67. The highest BCUT2D eigenvalue weighted by Crippen LogP contribution is 2.14. The van der Waals surface area contributed by atoms with Gasteiger partial charge in [0.15, 0.2) is 0 Å². The number of amides is 1. The predicted molar refractivity (Wildman–Crippen MR) is 70.3 cm³/mol. The topological polar surface area (TPSA) is 46.4 Å². The van der Waals surface area contributed by atoms with Gasteiger partial charge in [-0.1, -0.05) is 5.92 Å². The standard InChI is InChI=1S/C14H14FN3O/c1-5-14(3,4)17-13(19)12-9(2)16-11-7-6-10(15)8-18(11)12/h1,6-8H,2-4H3,(H,17,19). The molecule has 0 aliphatic heterocycles. The quantitative estimate of drug-likeness (QED) is 0.838. The molecule has 1 N–H and O–H groups in total. The summed E-state index contributed by atoms with van der Waals surface area (Å²) < 4.78 is 14.7. The van der Waals surface area contributed by atoms with Gasteiger partial charge in [0, 0.05) is 6.20 Å². The van der Waals surface area contributed by atoms with Gasteiger partial charge in [-0.2, -0.15) is 0 Å². The first-order valence-electron chi connectivity index (χ1n) is 5.78. The van der Waals surface area contributed by atoms with Crippen LogP contribution in [0.3, 0.4) is 0 Å². The van der Waals surface area contributed by atoms with E-state index in [-0.39, 0.29) is 11.6 Å². The fraction of sp³-hybridized carbons (Fsp3) is 0.286. The first-order chi connectivity index (χ1) is 8.84. The van der Waals surface area contributed by atoms with Crippen molar-refractivity contribution in [1.82, 2.24) is 14.7 Å². The number of imidazole rings is 1. The molecule has 2 rings (SSSR count). The highest BCUT2D eigenvalue weighted by molar-refractivity contribution is 5.95. The predicted octanol–water partition coefficient (Wildman–Crippen LogP) is 1.92. The van der Waals surface area contributed by atoms with E-state index in [0.29, 0.717) is 11.3 Å². The maximum atomic E-state index is 13.3. The van der Waals surface area contributed by atoms with Crippen molar-refractivity contribution < 1.29 is 9.18 Å². The average molecular weight is 259 g/mol. The molecule has 0 spiro atoms. The molecule has 19 heavy (non-hydrogen) atoms. The van der Waals surface area contributed by atoms with Crippen molar-refractivity contribution in [3.05, 3.63) is 35.5 Å². The number of terminal acetylenes is 1. The molecule has 0 aliphatic carbocycles. The minimum Gasteiger partial charge on any atom is -0.335 e. The van der Waals surface area contributed by atoms with E-state index in [0.717, 1.165) is 0 Å². The fourth-order valence-electron chi connectivity index (χ4n) is 1.79. The normalized spacial score (nSPS) is 11.3. The lowest BCUT2D eigenvalue weighted by Crippen LogP contribution is -2.42. The Bertz CT molecular complexity index is 695. The summed E-state index contributed by atoms with van der Waals surface area (Å²) in [4.78, 5) is 16.5. The largest absolute Gasteiger partial charge is 0.335 e. The van der Waals surface area contributed by atoms with Crippen LogP contribution in [0.15, 0.2) is 18.3 Å². The first kappa shape index (κ1) is 13.1. The second-order valence-electron chi connectivity index (χ2n) is 4.84. The number of halogens is 1. The zero-order chi connectivity index (χ0) is 14.2. The molecule has 0 unspecified atom stereocenters. The number of pyridine rings is 1. The second-order valence-corrected chi connectivity index (χ2v) is 4.84. The van der Waals surface area contributed by atoms with Gasteiger partial charge in [0.05, 0.1) is 11.2 Å². The fourth-order valence-corrected chi connectivity index (χ4v) is 1.79. The van der Waals surface area contributed by atoms with Crippen molar-refractivity contribution >= 4 is 11.6 Å². The lowest BCUT2D eigenvalue weighted by Gasteiger charge is -2.19. The molecule has 0 atom stereocenters. The highest BCUT2D eigenvalue weighted by atomic mass is 19.1. The Balaban J connectivity index is 2.51. The molecule has 4 nitrogen and oxygen atoms in total. The molecule has 0 bridgehead atoms. The molecular weight excluding hydrogens is 245 g/mol. The van der Waals surface area contributed by atoms with Gasteiger partial charge in [-0.25, -0.2) is 9.37 Å². The van der Waals surface area contributed by atoms with Crippen LogP contribution in [0.1, 0.15) is 30.0 Å². The van der Waals surface area contributed by atoms with Crippen LogP contribution in [0.5, 0.6) is 0 Å². The Morgan fingerprint density at radius 2 is 2.21 bits per heavy atom. The number of aromatic nitrogens is 2. The third kappa shape index (κ3) is 2.43. The van der Waals surface area contributed by atoms with Crippen LogP contribution >= 0.6 is 0 Å². The molecule has 0 aliphatic rings. The van der Waals surface area contributed by atoms with Crippen molar-refractivity contribution in [1.29, 1.82) is 0 Å². The molecule has 1 amide bonds. The summed E-state index contributed by atoms with van der Waals surface area (Å²) in [6.45, 7) is 5.12. The molecule has 2 heterocycles. The van der Waals surface area contributed by atoms with E-state index in [4.69, 9.17) is 6.42 Å². The van der Waals surface area contributed by atoms with Gasteiger partial charge in [-0.15, -0.1) is 6.42 Å². The molecule has 2 aromatic heterocycles. The Morgan fingerprint density at radius 3 is 2.84 bits per heavy atom. The number of hydrogen-bond acceptors (Lipinski definition) is 2. The molecule has 5 heteroatoms. The van der Waals surface area contributed by atoms with E-state index in [1.807, 2.05) is 0 Å². The summed E-state index contributed by atoms with van der Waals surface area (Å²) >= 11 is 0. The van der Waals surface area contributed by atoms with Crippen molar-refractivity contribution in [3.8, 4) is 12.3 Å². The number of carbonyl (C=O) groups excluding carboxylic acids is 1. The first-order valence-corrected chi connectivity index (χ1v) is 5.78. The maximum absolute atomic E-state index is 13.3. The number of rotatable bonds is 2. The van der Waals surface area contributed by atoms with Crippen LogP contribution in [-0.2, 0) is 0 Å². The molecule has 0 radical (unpaired) electrons. The third-order valence-electron chi connectivity index (χ3n) is 2.76. The van der Waals surface area contributed by atoms with Crippen LogP contribution in [0.25, 0.3) is 5.65 Å². The van der Waals surface area contributed by atoms with E-state index in [2.05, 4.69) is 16.2 Å². The van der Waals surface area contributed by atoms with Gasteiger partial charge in [-0.3, -0.25) is 9.20 Å². The summed E-state index contributed by atoms with van der Waals surface area (Å²) in [7, 11) is 0. The Morgan fingerprint density at radius 1 is 1.53 bits per heavy atom. The monoisotopic (exact) mass is 259 g/mol. The molecule has 0 aromatic carbocycles. The number of nitrogens with zero attached hydrogens (tertiary/aromatic N) is 2. The smallest absolute Gasteiger partial charge is 0.271 e. The minimum absolute atomic E-state index is 0.290. The SMILES string of the molecule is C#CC(C)(C)NC(=O)c1c(C)nc2ccc(F)cn12. The lowest BCUT2D eigenvalue weighted by atomic mass is 10.1. The number of fused-ring (bicyclic) bond motifs is 1. The minimum atomic E-state index is -0.777. The van der Waals surface area contributed by atoms with Gasteiger partial charge in [0.25, 0.3) is 5.91 Å². The van der Waals surface area contributed by atoms with Gasteiger partial charge < -0.3 is 5.32 Å². The molecule has 2 aromatic rings. The van der Waals surface area contributed by atoms with Gasteiger partial charge >= 0.3 is 0 Å². The van der Waals surface area contributed by atoms with Crippen molar-refractivity contribution in [2.45, 2.75) is 26.3 Å². The Labute approximate surface area is 110 Å². The van der Waals surface area contributed by atoms with E-state index in [9.17, 15) is 9.18 Å². The van der Waals surface area contributed by atoms with Crippen LogP contribution in [0.2, 0.25) is 0 Å². The maximum Gasteiger partial charge on any atom is 0.271 e. The van der Waals surface area contributed by atoms with Crippen molar-refractivity contribution in [3.63, 3.8) is 0 Å². The molecule has 98 valence electrons. The molecule has 0 saturated carbocycles. The van der Waals surface area contributed by atoms with Gasteiger partial charge in [-0.05, 0) is 32.9 Å². The number of hydrogen-bond donors (Lipinski definition) is 1. The highest BCUT2D eigenvalue weighted by Gasteiger charge is 2.23.